The van der Waals surface area contributed by atoms with Crippen LogP contribution in [0.3, 0.4) is 0 Å². The zero-order valence-corrected chi connectivity index (χ0v) is 14.8. The van der Waals surface area contributed by atoms with E-state index in [4.69, 9.17) is 13.6 Å². The maximum absolute atomic E-state index is 5.36. The summed E-state index contributed by atoms with van der Waals surface area (Å²) in [6, 6.07) is 9.29. The van der Waals surface area contributed by atoms with Crippen LogP contribution in [0, 0.1) is 6.92 Å². The summed E-state index contributed by atoms with van der Waals surface area (Å²) in [6.45, 7) is 7.91. The molecule has 0 unspecified atom stereocenters. The fraction of sp³-hybridized carbons (Fsp3) is 0.278. The topological polar surface area (TPSA) is 104 Å². The van der Waals surface area contributed by atoms with E-state index in [1.807, 2.05) is 51.1 Å². The van der Waals surface area contributed by atoms with Crippen LogP contribution < -0.4 is 0 Å². The smallest absolute Gasteiger partial charge is 0.280 e. The van der Waals surface area contributed by atoms with E-state index in [2.05, 4.69) is 25.4 Å². The van der Waals surface area contributed by atoms with Gasteiger partial charge in [0.2, 0.25) is 5.82 Å². The van der Waals surface area contributed by atoms with Crippen LogP contribution >= 0.6 is 0 Å². The molecule has 0 fully saturated rings. The molecule has 3 heterocycles. The third-order valence-electron chi connectivity index (χ3n) is 3.81. The Morgan fingerprint density at radius 1 is 0.769 bits per heavy atom. The van der Waals surface area contributed by atoms with E-state index in [0.717, 1.165) is 16.9 Å². The highest BCUT2D eigenvalue weighted by Gasteiger charge is 2.22. The molecule has 0 saturated heterocycles. The number of rotatable bonds is 3. The molecule has 0 N–H and O–H groups in total. The van der Waals surface area contributed by atoms with Crippen LogP contribution in [0.2, 0.25) is 0 Å². The van der Waals surface area contributed by atoms with Gasteiger partial charge in [-0.2, -0.15) is 9.97 Å². The third-order valence-corrected chi connectivity index (χ3v) is 3.81. The zero-order valence-electron chi connectivity index (χ0n) is 14.8. The molecule has 0 aliphatic heterocycles. The fourth-order valence-electron chi connectivity index (χ4n) is 2.35. The minimum atomic E-state index is -0.142. The standard InChI is InChI=1S/C18H17N5O3/c1-10-19-16(25-21-10)12-7-5-11(6-8-12)15-20-17(26-23-15)13-9-14(24-22-13)18(2,3)4/h5-9H,1-4H3. The van der Waals surface area contributed by atoms with Gasteiger partial charge in [0, 0.05) is 22.6 Å². The van der Waals surface area contributed by atoms with Gasteiger partial charge in [-0.15, -0.1) is 0 Å². The van der Waals surface area contributed by atoms with Gasteiger partial charge in [0.05, 0.1) is 0 Å². The van der Waals surface area contributed by atoms with Crippen LogP contribution in [0.1, 0.15) is 32.4 Å². The average molecular weight is 351 g/mol. The molecule has 0 spiro atoms. The van der Waals surface area contributed by atoms with Gasteiger partial charge < -0.3 is 13.6 Å². The minimum absolute atomic E-state index is 0.142. The van der Waals surface area contributed by atoms with Gasteiger partial charge in [-0.1, -0.05) is 48.4 Å². The SMILES string of the molecule is Cc1noc(-c2ccc(-c3noc(-c4cc(C(C)(C)C)on4)n3)cc2)n1. The second-order valence-corrected chi connectivity index (χ2v) is 6.97. The molecular weight excluding hydrogens is 334 g/mol. The van der Waals surface area contributed by atoms with Gasteiger partial charge in [0.25, 0.3) is 11.8 Å². The maximum Gasteiger partial charge on any atom is 0.280 e. The highest BCUT2D eigenvalue weighted by molar-refractivity contribution is 5.63. The molecule has 0 bridgehead atoms. The summed E-state index contributed by atoms with van der Waals surface area (Å²) in [7, 11) is 0. The van der Waals surface area contributed by atoms with Gasteiger partial charge in [0.15, 0.2) is 11.5 Å². The lowest BCUT2D eigenvalue weighted by molar-refractivity contribution is 0.328. The quantitative estimate of drug-likeness (QED) is 0.544. The van der Waals surface area contributed by atoms with Crippen molar-refractivity contribution >= 4 is 0 Å². The first-order valence-electron chi connectivity index (χ1n) is 8.12. The van der Waals surface area contributed by atoms with Crippen molar-refractivity contribution in [3.05, 3.63) is 41.9 Å². The van der Waals surface area contributed by atoms with Gasteiger partial charge in [0.1, 0.15) is 5.76 Å². The van der Waals surface area contributed by atoms with Crippen LogP contribution in [0.4, 0.5) is 0 Å². The van der Waals surface area contributed by atoms with Crippen LogP contribution in [0.25, 0.3) is 34.4 Å². The lowest BCUT2D eigenvalue weighted by atomic mass is 9.93. The first-order chi connectivity index (χ1) is 12.4. The molecule has 0 aliphatic carbocycles. The summed E-state index contributed by atoms with van der Waals surface area (Å²) < 4.78 is 15.8. The van der Waals surface area contributed by atoms with Crippen molar-refractivity contribution in [1.82, 2.24) is 25.4 Å². The summed E-state index contributed by atoms with van der Waals surface area (Å²) in [5.74, 6) is 2.60. The first kappa shape index (κ1) is 16.2. The predicted octanol–water partition coefficient (Wildman–Crippen LogP) is 4.05. The Kier molecular flexibility index (Phi) is 3.68. The molecule has 0 atom stereocenters. The Bertz CT molecular complexity index is 1040. The van der Waals surface area contributed by atoms with Crippen molar-refractivity contribution in [2.45, 2.75) is 33.1 Å². The summed E-state index contributed by atoms with van der Waals surface area (Å²) in [4.78, 5) is 8.60. The Hall–Kier alpha value is -3.29. The molecule has 8 nitrogen and oxygen atoms in total. The molecular formula is C18H17N5O3. The maximum atomic E-state index is 5.36. The molecule has 0 aliphatic rings. The van der Waals surface area contributed by atoms with Crippen LogP contribution in [-0.4, -0.2) is 25.4 Å². The van der Waals surface area contributed by atoms with Gasteiger partial charge in [-0.05, 0) is 19.1 Å². The lowest BCUT2D eigenvalue weighted by Crippen LogP contribution is -2.09. The molecule has 26 heavy (non-hydrogen) atoms. The molecule has 4 rings (SSSR count). The number of nitrogens with zero attached hydrogens (tertiary/aromatic N) is 5. The summed E-state index contributed by atoms with van der Waals surface area (Å²) >= 11 is 0. The molecule has 0 saturated carbocycles. The van der Waals surface area contributed by atoms with E-state index >= 15 is 0 Å². The van der Waals surface area contributed by atoms with Crippen LogP contribution in [-0.2, 0) is 5.41 Å². The van der Waals surface area contributed by atoms with Crippen LogP contribution in [0.15, 0.2) is 43.9 Å². The molecule has 132 valence electrons. The van der Waals surface area contributed by atoms with Gasteiger partial charge >= 0.3 is 0 Å². The molecule has 0 radical (unpaired) electrons. The second-order valence-electron chi connectivity index (χ2n) is 6.97. The summed E-state index contributed by atoms with van der Waals surface area (Å²) in [5, 5.41) is 11.8. The predicted molar refractivity (Wildman–Crippen MR) is 92.0 cm³/mol. The Balaban J connectivity index is 1.59. The van der Waals surface area contributed by atoms with Crippen molar-refractivity contribution in [2.24, 2.45) is 0 Å². The molecule has 3 aromatic heterocycles. The highest BCUT2D eigenvalue weighted by Crippen LogP contribution is 2.28. The molecule has 8 heteroatoms. The second kappa shape index (κ2) is 5.91. The number of benzene rings is 1. The fourth-order valence-corrected chi connectivity index (χ4v) is 2.35. The number of aryl methyl sites for hydroxylation is 1. The van der Waals surface area contributed by atoms with Crippen molar-refractivity contribution in [1.29, 1.82) is 0 Å². The van der Waals surface area contributed by atoms with Crippen LogP contribution in [0.5, 0.6) is 0 Å². The monoisotopic (exact) mass is 351 g/mol. The van der Waals surface area contributed by atoms with E-state index in [0.29, 0.717) is 29.1 Å². The number of hydrogen-bond donors (Lipinski definition) is 0. The first-order valence-corrected chi connectivity index (χ1v) is 8.12. The average Bonchev–Trinajstić information content (AvgIpc) is 3.34. The zero-order chi connectivity index (χ0) is 18.3. The molecule has 1 aromatic carbocycles. The number of hydrogen-bond acceptors (Lipinski definition) is 8. The Labute approximate surface area is 149 Å². The molecule has 0 amide bonds. The van der Waals surface area contributed by atoms with Crippen molar-refractivity contribution < 1.29 is 13.6 Å². The Morgan fingerprint density at radius 2 is 1.46 bits per heavy atom. The van der Waals surface area contributed by atoms with Gasteiger partial charge in [-0.25, -0.2) is 0 Å². The van der Waals surface area contributed by atoms with E-state index in [1.54, 1.807) is 6.92 Å². The number of aromatic nitrogens is 5. The minimum Gasteiger partial charge on any atom is -0.360 e. The summed E-state index contributed by atoms with van der Waals surface area (Å²) in [6.07, 6.45) is 0. The van der Waals surface area contributed by atoms with Crippen molar-refractivity contribution in [3.8, 4) is 34.4 Å². The molecule has 4 aromatic rings. The summed E-state index contributed by atoms with van der Waals surface area (Å²) in [5.41, 5.74) is 2.01. The van der Waals surface area contributed by atoms with E-state index in [-0.39, 0.29) is 5.41 Å². The lowest BCUT2D eigenvalue weighted by Gasteiger charge is -2.11. The van der Waals surface area contributed by atoms with Crippen molar-refractivity contribution in [3.63, 3.8) is 0 Å². The van der Waals surface area contributed by atoms with Gasteiger partial charge in [-0.3, -0.25) is 0 Å². The normalized spacial score (nSPS) is 11.8. The van der Waals surface area contributed by atoms with E-state index in [1.165, 1.54) is 0 Å². The largest absolute Gasteiger partial charge is 0.360 e. The highest BCUT2D eigenvalue weighted by atomic mass is 16.5. The van der Waals surface area contributed by atoms with Crippen molar-refractivity contribution in [2.75, 3.05) is 0 Å². The Morgan fingerprint density at radius 3 is 2.08 bits per heavy atom. The van der Waals surface area contributed by atoms with E-state index in [9.17, 15) is 0 Å². The van der Waals surface area contributed by atoms with E-state index < -0.39 is 0 Å². The third kappa shape index (κ3) is 3.01.